The second kappa shape index (κ2) is 12.9. The summed E-state index contributed by atoms with van der Waals surface area (Å²) in [5.41, 5.74) is 2.33. The Kier molecular flexibility index (Phi) is 8.90. The average Bonchev–Trinajstić information content (AvgIpc) is 2.99. The van der Waals surface area contributed by atoms with E-state index in [1.54, 1.807) is 42.5 Å². The van der Waals surface area contributed by atoms with E-state index in [1.165, 1.54) is 13.2 Å². The molecule has 1 N–H and O–H groups in total. The fourth-order valence-corrected chi connectivity index (χ4v) is 4.98. The zero-order chi connectivity index (χ0) is 29.6. The molecule has 10 heteroatoms. The second-order valence-electron chi connectivity index (χ2n) is 9.14. The van der Waals surface area contributed by atoms with Gasteiger partial charge in [0.15, 0.2) is 11.5 Å². The van der Waals surface area contributed by atoms with Gasteiger partial charge in [0, 0.05) is 10.6 Å². The summed E-state index contributed by atoms with van der Waals surface area (Å²) in [7, 11) is 1.48. The fraction of sp³-hybridized carbons (Fsp3) is 0.0938. The van der Waals surface area contributed by atoms with Crippen LogP contribution in [0.3, 0.4) is 0 Å². The number of anilines is 1. The number of nitrogens with one attached hydrogen (secondary N) is 1. The molecule has 212 valence electrons. The van der Waals surface area contributed by atoms with E-state index < -0.39 is 17.8 Å². The van der Waals surface area contributed by atoms with E-state index in [0.29, 0.717) is 38.9 Å². The van der Waals surface area contributed by atoms with E-state index in [9.17, 15) is 14.4 Å². The maximum atomic E-state index is 13.4. The first-order valence-corrected chi connectivity index (χ1v) is 13.9. The highest BCUT2D eigenvalue weighted by Crippen LogP contribution is 2.38. The van der Waals surface area contributed by atoms with Gasteiger partial charge in [0.25, 0.3) is 11.8 Å². The van der Waals surface area contributed by atoms with E-state index in [-0.39, 0.29) is 17.9 Å². The van der Waals surface area contributed by atoms with Crippen LogP contribution in [0.2, 0.25) is 5.02 Å². The number of nitrogens with zero attached hydrogens (tertiary/aromatic N) is 1. The van der Waals surface area contributed by atoms with Crippen molar-refractivity contribution in [2.45, 2.75) is 13.2 Å². The maximum absolute atomic E-state index is 13.4. The number of urea groups is 1. The topological polar surface area (TPSA) is 94.2 Å². The summed E-state index contributed by atoms with van der Waals surface area (Å²) < 4.78 is 17.8. The number of imide groups is 2. The van der Waals surface area contributed by atoms with Gasteiger partial charge in [-0.05, 0) is 75.6 Å². The normalized spacial score (nSPS) is 14.1. The lowest BCUT2D eigenvalue weighted by Crippen LogP contribution is -2.54. The molecule has 0 saturated carbocycles. The number of ether oxygens (including phenoxy) is 3. The first-order chi connectivity index (χ1) is 20.3. The molecule has 4 aromatic rings. The summed E-state index contributed by atoms with van der Waals surface area (Å²) in [6.45, 7) is 0.566. The summed E-state index contributed by atoms with van der Waals surface area (Å²) in [6, 6.07) is 25.9. The van der Waals surface area contributed by atoms with Crippen LogP contribution >= 0.6 is 27.5 Å². The first-order valence-electron chi connectivity index (χ1n) is 12.8. The molecule has 8 nitrogen and oxygen atoms in total. The molecule has 4 aromatic carbocycles. The van der Waals surface area contributed by atoms with Crippen molar-refractivity contribution >= 4 is 57.1 Å². The van der Waals surface area contributed by atoms with Crippen molar-refractivity contribution in [2.75, 3.05) is 12.0 Å². The molecule has 1 aliphatic rings. The molecular weight excluding hydrogens is 624 g/mol. The third-order valence-electron chi connectivity index (χ3n) is 6.34. The van der Waals surface area contributed by atoms with Crippen molar-refractivity contribution in [2.24, 2.45) is 0 Å². The Morgan fingerprint density at radius 3 is 2.31 bits per heavy atom. The zero-order valence-electron chi connectivity index (χ0n) is 22.3. The third kappa shape index (κ3) is 6.48. The van der Waals surface area contributed by atoms with Gasteiger partial charge in [0.2, 0.25) is 0 Å². The van der Waals surface area contributed by atoms with Gasteiger partial charge < -0.3 is 14.2 Å². The summed E-state index contributed by atoms with van der Waals surface area (Å²) in [4.78, 5) is 39.7. The second-order valence-corrected chi connectivity index (χ2v) is 10.4. The van der Waals surface area contributed by atoms with Gasteiger partial charge in [-0.25, -0.2) is 9.69 Å². The van der Waals surface area contributed by atoms with Crippen LogP contribution in [0, 0.1) is 0 Å². The maximum Gasteiger partial charge on any atom is 0.335 e. The van der Waals surface area contributed by atoms with Gasteiger partial charge >= 0.3 is 6.03 Å². The van der Waals surface area contributed by atoms with Crippen molar-refractivity contribution < 1.29 is 28.6 Å². The molecule has 0 unspecified atom stereocenters. The van der Waals surface area contributed by atoms with Crippen LogP contribution in [0.1, 0.15) is 16.7 Å². The highest BCUT2D eigenvalue weighted by atomic mass is 79.9. The number of hydrogen-bond acceptors (Lipinski definition) is 6. The standard InChI is InChI=1S/C32H24BrClN2O6/c1-40-28-17-21(16-26(33)29(28)42-19-22-9-5-6-10-27(22)34)15-25-30(37)35-32(39)36(31(25)38)23-11-13-24(14-12-23)41-18-20-7-3-2-4-8-20/h2-17H,18-19H2,1H3,(H,35,37,39)/b25-15+. The Labute approximate surface area is 255 Å². The molecule has 0 atom stereocenters. The van der Waals surface area contributed by atoms with Crippen LogP contribution in [0.5, 0.6) is 17.2 Å². The largest absolute Gasteiger partial charge is 0.493 e. The molecule has 1 aliphatic heterocycles. The van der Waals surface area contributed by atoms with E-state index >= 15 is 0 Å². The Bertz CT molecular complexity index is 1670. The minimum Gasteiger partial charge on any atom is -0.493 e. The molecule has 0 radical (unpaired) electrons. The minimum absolute atomic E-state index is 0.198. The van der Waals surface area contributed by atoms with Crippen molar-refractivity contribution in [3.63, 3.8) is 0 Å². The first kappa shape index (κ1) is 28.9. The van der Waals surface area contributed by atoms with Gasteiger partial charge in [0.05, 0.1) is 17.3 Å². The monoisotopic (exact) mass is 646 g/mol. The molecule has 0 bridgehead atoms. The SMILES string of the molecule is COc1cc(/C=C2\C(=O)NC(=O)N(c3ccc(OCc4ccccc4)cc3)C2=O)cc(Br)c1OCc1ccccc1Cl. The predicted molar refractivity (Wildman–Crippen MR) is 163 cm³/mol. The number of rotatable bonds is 9. The van der Waals surface area contributed by atoms with E-state index in [4.69, 9.17) is 25.8 Å². The lowest BCUT2D eigenvalue weighted by atomic mass is 10.1. The number of carbonyl (C=O) groups is 3. The lowest BCUT2D eigenvalue weighted by molar-refractivity contribution is -0.122. The molecule has 0 aromatic heterocycles. The molecule has 0 aliphatic carbocycles. The smallest absolute Gasteiger partial charge is 0.335 e. The van der Waals surface area contributed by atoms with Gasteiger partial charge in [-0.2, -0.15) is 0 Å². The van der Waals surface area contributed by atoms with E-state index in [2.05, 4.69) is 21.2 Å². The molecule has 1 saturated heterocycles. The van der Waals surface area contributed by atoms with Crippen molar-refractivity contribution in [3.05, 3.63) is 123 Å². The van der Waals surface area contributed by atoms with Crippen LogP contribution in [0.25, 0.3) is 6.08 Å². The summed E-state index contributed by atoms with van der Waals surface area (Å²) in [5.74, 6) is -0.224. The van der Waals surface area contributed by atoms with Crippen LogP contribution < -0.4 is 24.4 Å². The van der Waals surface area contributed by atoms with Crippen LogP contribution in [0.4, 0.5) is 10.5 Å². The number of benzene rings is 4. The summed E-state index contributed by atoms with van der Waals surface area (Å²) in [5, 5.41) is 2.81. The van der Waals surface area contributed by atoms with Crippen molar-refractivity contribution in [1.82, 2.24) is 5.32 Å². The highest BCUT2D eigenvalue weighted by molar-refractivity contribution is 9.10. The molecule has 1 heterocycles. The molecule has 42 heavy (non-hydrogen) atoms. The van der Waals surface area contributed by atoms with Gasteiger partial charge in [0.1, 0.15) is 24.5 Å². The number of barbiturate groups is 1. The fourth-order valence-electron chi connectivity index (χ4n) is 4.22. The average molecular weight is 648 g/mol. The number of halogens is 2. The van der Waals surface area contributed by atoms with Crippen LogP contribution in [0.15, 0.2) is 101 Å². The summed E-state index contributed by atoms with van der Waals surface area (Å²) in [6.07, 6.45) is 1.39. The van der Waals surface area contributed by atoms with Gasteiger partial charge in [-0.3, -0.25) is 14.9 Å². The zero-order valence-corrected chi connectivity index (χ0v) is 24.6. The predicted octanol–water partition coefficient (Wildman–Crippen LogP) is 6.94. The highest BCUT2D eigenvalue weighted by Gasteiger charge is 2.37. The Morgan fingerprint density at radius 1 is 0.881 bits per heavy atom. The van der Waals surface area contributed by atoms with Crippen molar-refractivity contribution in [3.8, 4) is 17.2 Å². The lowest BCUT2D eigenvalue weighted by Gasteiger charge is -2.26. The minimum atomic E-state index is -0.845. The summed E-state index contributed by atoms with van der Waals surface area (Å²) >= 11 is 9.73. The van der Waals surface area contributed by atoms with Crippen LogP contribution in [-0.4, -0.2) is 25.0 Å². The number of carbonyl (C=O) groups excluding carboxylic acids is 3. The quantitative estimate of drug-likeness (QED) is 0.156. The Balaban J connectivity index is 1.35. The molecule has 5 rings (SSSR count). The van der Waals surface area contributed by atoms with E-state index in [0.717, 1.165) is 16.0 Å². The Hall–Kier alpha value is -4.60. The van der Waals surface area contributed by atoms with Crippen molar-refractivity contribution in [1.29, 1.82) is 0 Å². The van der Waals surface area contributed by atoms with Gasteiger partial charge in [-0.15, -0.1) is 0 Å². The molecular formula is C32H24BrClN2O6. The number of amides is 4. The van der Waals surface area contributed by atoms with E-state index in [1.807, 2.05) is 48.5 Å². The van der Waals surface area contributed by atoms with Gasteiger partial charge in [-0.1, -0.05) is 60.1 Å². The third-order valence-corrected chi connectivity index (χ3v) is 7.30. The molecule has 4 amide bonds. The molecule has 0 spiro atoms. The number of methoxy groups -OCH3 is 1. The molecule has 1 fully saturated rings. The van der Waals surface area contributed by atoms with Crippen LogP contribution in [-0.2, 0) is 22.8 Å². The number of hydrogen-bond donors (Lipinski definition) is 1. The Morgan fingerprint density at radius 2 is 1.60 bits per heavy atom.